The summed E-state index contributed by atoms with van der Waals surface area (Å²) in [5.41, 5.74) is 1.76. The van der Waals surface area contributed by atoms with Gasteiger partial charge in [-0.25, -0.2) is 0 Å². The summed E-state index contributed by atoms with van der Waals surface area (Å²) in [6.07, 6.45) is 2.48. The van der Waals surface area contributed by atoms with E-state index in [-0.39, 0.29) is 5.23 Å². The molecule has 0 saturated carbocycles. The lowest BCUT2D eigenvalue weighted by Gasteiger charge is -2.15. The van der Waals surface area contributed by atoms with E-state index in [2.05, 4.69) is 0 Å². The molecule has 2 aromatic carbocycles. The lowest BCUT2D eigenvalue weighted by atomic mass is 10.2. The van der Waals surface area contributed by atoms with Crippen molar-refractivity contribution in [1.29, 1.82) is 0 Å². The highest BCUT2D eigenvalue weighted by atomic mass is 16.8. The molecule has 0 radical (unpaired) electrons. The summed E-state index contributed by atoms with van der Waals surface area (Å²) in [6, 6.07) is 15.0. The molecule has 0 atom stereocenters. The zero-order chi connectivity index (χ0) is 15.1. The van der Waals surface area contributed by atoms with Crippen molar-refractivity contribution in [2.45, 2.75) is 6.61 Å². The molecule has 0 aliphatic heterocycles. The Hall–Kier alpha value is -2.50. The van der Waals surface area contributed by atoms with Gasteiger partial charge in [-0.1, -0.05) is 36.4 Å². The molecule has 5 heteroatoms. The van der Waals surface area contributed by atoms with E-state index in [1.807, 2.05) is 30.3 Å². The van der Waals surface area contributed by atoms with Crippen LogP contribution >= 0.6 is 0 Å². The number of hydrogen-bond acceptors (Lipinski definition) is 5. The van der Waals surface area contributed by atoms with E-state index >= 15 is 0 Å². The van der Waals surface area contributed by atoms with Crippen LogP contribution in [0.1, 0.15) is 11.1 Å². The molecule has 110 valence electrons. The van der Waals surface area contributed by atoms with Crippen molar-refractivity contribution >= 4 is 6.08 Å². The second kappa shape index (κ2) is 7.33. The van der Waals surface area contributed by atoms with E-state index in [1.54, 1.807) is 25.3 Å². The van der Waals surface area contributed by atoms with Crippen molar-refractivity contribution in [3.05, 3.63) is 71.1 Å². The minimum atomic E-state index is -0.255. The van der Waals surface area contributed by atoms with Crippen LogP contribution in [0.3, 0.4) is 0 Å². The predicted molar refractivity (Wildman–Crippen MR) is 79.8 cm³/mol. The maximum atomic E-state index is 10.5. The Balaban J connectivity index is 2.14. The third-order valence-corrected chi connectivity index (χ3v) is 2.82. The molecule has 0 unspecified atom stereocenters. The van der Waals surface area contributed by atoms with Gasteiger partial charge in [0.1, 0.15) is 6.61 Å². The maximum absolute atomic E-state index is 10.5. The largest absolute Gasteiger partial charge is 0.734 e. The molecular formula is C16H16NO4-. The zero-order valence-corrected chi connectivity index (χ0v) is 11.6. The first-order valence-electron chi connectivity index (χ1n) is 6.37. The van der Waals surface area contributed by atoms with Crippen molar-refractivity contribution in [3.8, 4) is 11.5 Å². The topological polar surface area (TPSA) is 65.0 Å². The normalized spacial score (nSPS) is 10.6. The first kappa shape index (κ1) is 14.9. The van der Waals surface area contributed by atoms with Crippen LogP contribution in [0.15, 0.2) is 54.7 Å². The SMILES string of the molecule is COc1ccc(C=CN([O-])O)cc1OCc1ccccc1. The minimum absolute atomic E-state index is 0.255. The average Bonchev–Trinajstić information content (AvgIpc) is 2.52. The van der Waals surface area contributed by atoms with Crippen LogP contribution in [0.25, 0.3) is 6.08 Å². The molecule has 2 rings (SSSR count). The molecule has 0 aliphatic rings. The van der Waals surface area contributed by atoms with Gasteiger partial charge in [-0.15, -0.1) is 0 Å². The molecule has 2 aromatic rings. The molecule has 0 aliphatic carbocycles. The highest BCUT2D eigenvalue weighted by Gasteiger charge is 2.05. The number of hydrogen-bond donors (Lipinski definition) is 1. The fraction of sp³-hybridized carbons (Fsp3) is 0.125. The van der Waals surface area contributed by atoms with Gasteiger partial charge in [0.2, 0.25) is 0 Å². The van der Waals surface area contributed by atoms with Gasteiger partial charge in [0.05, 0.1) is 7.11 Å². The van der Waals surface area contributed by atoms with Crippen LogP contribution in [0.4, 0.5) is 0 Å². The Bertz CT molecular complexity index is 596. The van der Waals surface area contributed by atoms with Gasteiger partial charge in [-0.2, -0.15) is 0 Å². The second-order valence-electron chi connectivity index (χ2n) is 4.30. The van der Waals surface area contributed by atoms with Crippen molar-refractivity contribution in [3.63, 3.8) is 0 Å². The third kappa shape index (κ3) is 4.52. The van der Waals surface area contributed by atoms with Crippen molar-refractivity contribution in [2.75, 3.05) is 7.11 Å². The first-order valence-corrected chi connectivity index (χ1v) is 6.37. The van der Waals surface area contributed by atoms with Crippen molar-refractivity contribution < 1.29 is 14.7 Å². The van der Waals surface area contributed by atoms with Gasteiger partial charge in [0.15, 0.2) is 11.5 Å². The Morgan fingerprint density at radius 1 is 1.14 bits per heavy atom. The number of benzene rings is 2. The van der Waals surface area contributed by atoms with E-state index in [4.69, 9.17) is 14.7 Å². The number of methoxy groups -OCH3 is 1. The van der Waals surface area contributed by atoms with Crippen LogP contribution < -0.4 is 9.47 Å². The van der Waals surface area contributed by atoms with E-state index in [0.29, 0.717) is 23.7 Å². The number of rotatable bonds is 6. The summed E-state index contributed by atoms with van der Waals surface area (Å²) in [6.45, 7) is 0.415. The monoisotopic (exact) mass is 286 g/mol. The predicted octanol–water partition coefficient (Wildman–Crippen LogP) is 3.43. The standard InChI is InChI=1S/C16H16NO4/c1-20-15-8-7-13(9-10-17(18)19)11-16(15)21-12-14-5-3-2-4-6-14/h2-11,18H,12H2,1H3/q-1. The summed E-state index contributed by atoms with van der Waals surface area (Å²) in [5.74, 6) is 1.17. The number of nitrogens with zero attached hydrogens (tertiary/aromatic N) is 1. The third-order valence-electron chi connectivity index (χ3n) is 2.82. The van der Waals surface area contributed by atoms with Gasteiger partial charge >= 0.3 is 0 Å². The van der Waals surface area contributed by atoms with Crippen LogP contribution in [0.2, 0.25) is 0 Å². The van der Waals surface area contributed by atoms with E-state index in [0.717, 1.165) is 11.8 Å². The molecule has 0 fully saturated rings. The second-order valence-corrected chi connectivity index (χ2v) is 4.30. The van der Waals surface area contributed by atoms with Crippen molar-refractivity contribution in [1.82, 2.24) is 5.23 Å². The van der Waals surface area contributed by atoms with Crippen LogP contribution in [0.5, 0.6) is 11.5 Å². The average molecular weight is 286 g/mol. The van der Waals surface area contributed by atoms with Gasteiger partial charge in [-0.05, 0) is 29.3 Å². The van der Waals surface area contributed by atoms with Gasteiger partial charge < -0.3 is 19.9 Å². The summed E-state index contributed by atoms with van der Waals surface area (Å²) in [4.78, 5) is 0. The summed E-state index contributed by atoms with van der Waals surface area (Å²) >= 11 is 0. The first-order chi connectivity index (χ1) is 10.2. The lowest BCUT2D eigenvalue weighted by molar-refractivity contribution is 0.0129. The van der Waals surface area contributed by atoms with E-state index < -0.39 is 0 Å². The summed E-state index contributed by atoms with van der Waals surface area (Å²) < 4.78 is 11.0. The Morgan fingerprint density at radius 3 is 2.57 bits per heavy atom. The summed E-state index contributed by atoms with van der Waals surface area (Å²) in [5, 5.41) is 18.8. The molecule has 0 amide bonds. The fourth-order valence-electron chi connectivity index (χ4n) is 1.79. The zero-order valence-electron chi connectivity index (χ0n) is 11.6. The fourth-order valence-corrected chi connectivity index (χ4v) is 1.79. The van der Waals surface area contributed by atoms with Crippen LogP contribution in [-0.4, -0.2) is 17.5 Å². The van der Waals surface area contributed by atoms with Crippen LogP contribution in [0, 0.1) is 5.21 Å². The highest BCUT2D eigenvalue weighted by molar-refractivity contribution is 5.55. The van der Waals surface area contributed by atoms with Crippen molar-refractivity contribution in [2.24, 2.45) is 0 Å². The van der Waals surface area contributed by atoms with E-state index in [1.165, 1.54) is 6.08 Å². The molecule has 0 aromatic heterocycles. The summed E-state index contributed by atoms with van der Waals surface area (Å²) in [7, 11) is 1.56. The minimum Gasteiger partial charge on any atom is -0.734 e. The van der Waals surface area contributed by atoms with Gasteiger partial charge in [-0.3, -0.25) is 5.21 Å². The molecule has 1 N–H and O–H groups in total. The van der Waals surface area contributed by atoms with Gasteiger partial charge in [0, 0.05) is 6.20 Å². The van der Waals surface area contributed by atoms with Gasteiger partial charge in [0.25, 0.3) is 0 Å². The Kier molecular flexibility index (Phi) is 5.20. The highest BCUT2D eigenvalue weighted by Crippen LogP contribution is 2.29. The quantitative estimate of drug-likeness (QED) is 0.824. The van der Waals surface area contributed by atoms with E-state index in [9.17, 15) is 5.21 Å². The molecule has 0 bridgehead atoms. The maximum Gasteiger partial charge on any atom is 0.162 e. The lowest BCUT2D eigenvalue weighted by Crippen LogP contribution is -1.99. The Morgan fingerprint density at radius 2 is 1.90 bits per heavy atom. The number of ether oxygens (including phenoxy) is 2. The Labute approximate surface area is 123 Å². The molecular weight excluding hydrogens is 270 g/mol. The van der Waals surface area contributed by atoms with Crippen LogP contribution in [-0.2, 0) is 6.61 Å². The number of hydroxylamine groups is 2. The smallest absolute Gasteiger partial charge is 0.162 e. The molecule has 5 nitrogen and oxygen atoms in total. The molecule has 21 heavy (non-hydrogen) atoms. The molecule has 0 spiro atoms. The molecule has 0 saturated heterocycles. The molecule has 0 heterocycles.